The molecule has 0 bridgehead atoms. The normalized spacial score (nSPS) is 19.8. The third kappa shape index (κ3) is 3.27. The lowest BCUT2D eigenvalue weighted by Gasteiger charge is -2.43. The van der Waals surface area contributed by atoms with Crippen LogP contribution in [0.4, 0.5) is 10.5 Å². The summed E-state index contributed by atoms with van der Waals surface area (Å²) in [5, 5.41) is 0.467. The number of Topliss-reactive ketones (excluding diaryl/α,β-unsaturated/α-hetero) is 1. The Morgan fingerprint density at radius 2 is 1.85 bits per heavy atom. The molecule has 26 heavy (non-hydrogen) atoms. The molecule has 1 aliphatic rings. The maximum atomic E-state index is 13.0. The molecule has 0 radical (unpaired) electrons. The predicted molar refractivity (Wildman–Crippen MR) is 101 cm³/mol. The first-order chi connectivity index (χ1) is 12.4. The Balaban J connectivity index is 1.96. The molecule has 1 atom stereocenters. The molecule has 5 nitrogen and oxygen atoms in total. The summed E-state index contributed by atoms with van der Waals surface area (Å²) in [6.07, 6.45) is 1.96. The number of nitrogens with zero attached hydrogens (tertiary/aromatic N) is 1. The topological polar surface area (TPSA) is 72.6 Å². The number of ketones is 1. The molecule has 1 saturated carbocycles. The number of nitrogen functional groups attached to an aromatic ring is 1. The summed E-state index contributed by atoms with van der Waals surface area (Å²) >= 11 is 6.39. The summed E-state index contributed by atoms with van der Waals surface area (Å²) in [5.41, 5.74) is 5.76. The number of amides is 1. The quantitative estimate of drug-likeness (QED) is 0.811. The zero-order valence-electron chi connectivity index (χ0n) is 14.6. The van der Waals surface area contributed by atoms with Gasteiger partial charge in [-0.3, -0.25) is 9.69 Å². The molecule has 6 heteroatoms. The smallest absolute Gasteiger partial charge is 0.410 e. The van der Waals surface area contributed by atoms with Crippen molar-refractivity contribution in [2.75, 3.05) is 12.8 Å². The van der Waals surface area contributed by atoms with Crippen molar-refractivity contribution in [2.45, 2.75) is 31.2 Å². The van der Waals surface area contributed by atoms with Gasteiger partial charge in [-0.25, -0.2) is 4.79 Å². The lowest BCUT2D eigenvalue weighted by atomic mass is 9.74. The number of anilines is 1. The SMILES string of the molecule is CN(C(=O)Oc1ccc(N)cc1)C1(c2ccccc2Cl)CCCCC1=O. The zero-order chi connectivity index (χ0) is 18.7. The molecule has 1 amide bonds. The second-order valence-corrected chi connectivity index (χ2v) is 6.87. The number of likely N-dealkylation sites (N-methyl/N-ethyl adjacent to an activating group) is 1. The van der Waals surface area contributed by atoms with Gasteiger partial charge in [0.1, 0.15) is 11.3 Å². The fourth-order valence-corrected chi connectivity index (χ4v) is 3.78. The Bertz CT molecular complexity index is 822. The van der Waals surface area contributed by atoms with Crippen molar-refractivity contribution in [3.8, 4) is 5.75 Å². The van der Waals surface area contributed by atoms with Gasteiger partial charge in [0.15, 0.2) is 5.78 Å². The highest BCUT2D eigenvalue weighted by Crippen LogP contribution is 2.42. The number of ether oxygens (including phenoxy) is 1. The van der Waals surface area contributed by atoms with Crippen LogP contribution in [-0.4, -0.2) is 23.8 Å². The minimum Gasteiger partial charge on any atom is -0.410 e. The molecule has 1 fully saturated rings. The highest BCUT2D eigenvalue weighted by atomic mass is 35.5. The van der Waals surface area contributed by atoms with Crippen LogP contribution in [0.25, 0.3) is 0 Å². The highest BCUT2D eigenvalue weighted by molar-refractivity contribution is 6.31. The first-order valence-corrected chi connectivity index (χ1v) is 8.92. The Hall–Kier alpha value is -2.53. The third-order valence-electron chi connectivity index (χ3n) is 4.90. The predicted octanol–water partition coefficient (Wildman–Crippen LogP) is 4.39. The lowest BCUT2D eigenvalue weighted by Crippen LogP contribution is -2.55. The molecule has 2 aromatic carbocycles. The number of rotatable bonds is 3. The number of benzene rings is 2. The number of halogens is 1. The van der Waals surface area contributed by atoms with Crippen LogP contribution in [0.2, 0.25) is 5.02 Å². The van der Waals surface area contributed by atoms with Crippen molar-refractivity contribution >= 4 is 29.2 Å². The van der Waals surface area contributed by atoms with Gasteiger partial charge >= 0.3 is 6.09 Å². The van der Waals surface area contributed by atoms with Gasteiger partial charge in [0, 0.05) is 29.7 Å². The van der Waals surface area contributed by atoms with Crippen LogP contribution in [0.5, 0.6) is 5.75 Å². The molecule has 0 heterocycles. The van der Waals surface area contributed by atoms with E-state index < -0.39 is 11.6 Å². The van der Waals surface area contributed by atoms with Crippen LogP contribution in [0, 0.1) is 0 Å². The first kappa shape index (κ1) is 18.3. The van der Waals surface area contributed by atoms with E-state index in [1.807, 2.05) is 6.07 Å². The fraction of sp³-hybridized carbons (Fsp3) is 0.300. The molecule has 3 rings (SSSR count). The lowest BCUT2D eigenvalue weighted by molar-refractivity contribution is -0.132. The third-order valence-corrected chi connectivity index (χ3v) is 5.23. The maximum Gasteiger partial charge on any atom is 0.416 e. The summed E-state index contributed by atoms with van der Waals surface area (Å²) < 4.78 is 5.46. The second-order valence-electron chi connectivity index (χ2n) is 6.47. The summed E-state index contributed by atoms with van der Waals surface area (Å²) in [4.78, 5) is 27.2. The molecule has 0 spiro atoms. The minimum absolute atomic E-state index is 0.0198. The van der Waals surface area contributed by atoms with E-state index in [-0.39, 0.29) is 5.78 Å². The first-order valence-electron chi connectivity index (χ1n) is 8.54. The minimum atomic E-state index is -1.11. The molecule has 1 aliphatic carbocycles. The van der Waals surface area contributed by atoms with E-state index >= 15 is 0 Å². The van der Waals surface area contributed by atoms with Crippen LogP contribution in [0.1, 0.15) is 31.2 Å². The van der Waals surface area contributed by atoms with Crippen molar-refractivity contribution in [1.82, 2.24) is 4.90 Å². The van der Waals surface area contributed by atoms with Gasteiger partial charge in [-0.1, -0.05) is 29.8 Å². The molecule has 2 N–H and O–H groups in total. The zero-order valence-corrected chi connectivity index (χ0v) is 15.3. The van der Waals surface area contributed by atoms with Crippen LogP contribution < -0.4 is 10.5 Å². The number of carbonyl (C=O) groups is 2. The molecule has 136 valence electrons. The number of nitrogens with two attached hydrogens (primary N) is 1. The summed E-state index contributed by atoms with van der Waals surface area (Å²) in [6, 6.07) is 13.7. The van der Waals surface area contributed by atoms with E-state index in [2.05, 4.69) is 0 Å². The Morgan fingerprint density at radius 1 is 1.15 bits per heavy atom. The second kappa shape index (κ2) is 7.38. The molecule has 0 aliphatic heterocycles. The van der Waals surface area contributed by atoms with Gasteiger partial charge in [-0.15, -0.1) is 0 Å². The van der Waals surface area contributed by atoms with Crippen molar-refractivity contribution in [3.63, 3.8) is 0 Å². The molecule has 0 saturated heterocycles. The van der Waals surface area contributed by atoms with Crippen molar-refractivity contribution in [1.29, 1.82) is 0 Å². The van der Waals surface area contributed by atoms with Gasteiger partial charge in [-0.2, -0.15) is 0 Å². The maximum absolute atomic E-state index is 13.0. The highest BCUT2D eigenvalue weighted by Gasteiger charge is 2.48. The van der Waals surface area contributed by atoms with Crippen LogP contribution in [0.15, 0.2) is 48.5 Å². The van der Waals surface area contributed by atoms with Gasteiger partial charge in [0.2, 0.25) is 0 Å². The summed E-state index contributed by atoms with van der Waals surface area (Å²) in [5.74, 6) is 0.349. The van der Waals surface area contributed by atoms with Crippen molar-refractivity contribution in [3.05, 3.63) is 59.1 Å². The molecular formula is C20H21ClN2O3. The molecule has 2 aromatic rings. The Morgan fingerprint density at radius 3 is 2.50 bits per heavy atom. The van der Waals surface area contributed by atoms with Crippen molar-refractivity contribution in [2.24, 2.45) is 0 Å². The molecule has 1 unspecified atom stereocenters. The van der Waals surface area contributed by atoms with E-state index in [0.717, 1.165) is 12.8 Å². The van der Waals surface area contributed by atoms with Gasteiger partial charge in [-0.05, 0) is 49.6 Å². The summed E-state index contributed by atoms with van der Waals surface area (Å²) in [7, 11) is 1.59. The van der Waals surface area contributed by atoms with Gasteiger partial charge in [0.05, 0.1) is 0 Å². The standard InChI is InChI=1S/C20H21ClN2O3/c1-23(19(25)26-15-11-9-14(22)10-12-15)20(13-5-4-8-18(20)24)16-6-2-3-7-17(16)21/h2-3,6-7,9-12H,4-5,8,13,22H2,1H3. The number of carbonyl (C=O) groups excluding carboxylic acids is 2. The molecule has 0 aromatic heterocycles. The Kier molecular flexibility index (Phi) is 5.18. The van der Waals surface area contributed by atoms with Crippen LogP contribution in [-0.2, 0) is 10.3 Å². The largest absolute Gasteiger partial charge is 0.416 e. The number of hydrogen-bond acceptors (Lipinski definition) is 4. The number of hydrogen-bond donors (Lipinski definition) is 1. The Labute approximate surface area is 157 Å². The molecular weight excluding hydrogens is 352 g/mol. The summed E-state index contributed by atoms with van der Waals surface area (Å²) in [6.45, 7) is 0. The van der Waals surface area contributed by atoms with Crippen LogP contribution >= 0.6 is 11.6 Å². The van der Waals surface area contributed by atoms with Gasteiger partial charge in [0.25, 0.3) is 0 Å². The van der Waals surface area contributed by atoms with E-state index in [0.29, 0.717) is 34.9 Å². The van der Waals surface area contributed by atoms with Crippen molar-refractivity contribution < 1.29 is 14.3 Å². The van der Waals surface area contributed by atoms with Gasteiger partial charge < -0.3 is 10.5 Å². The van der Waals surface area contributed by atoms with E-state index in [9.17, 15) is 9.59 Å². The average Bonchev–Trinajstić information content (AvgIpc) is 2.64. The van der Waals surface area contributed by atoms with Crippen LogP contribution in [0.3, 0.4) is 0 Å². The van der Waals surface area contributed by atoms with E-state index in [1.165, 1.54) is 4.90 Å². The van der Waals surface area contributed by atoms with E-state index in [1.54, 1.807) is 49.5 Å². The van der Waals surface area contributed by atoms with E-state index in [4.69, 9.17) is 22.1 Å². The average molecular weight is 373 g/mol. The monoisotopic (exact) mass is 372 g/mol. The fourth-order valence-electron chi connectivity index (χ4n) is 3.49.